The van der Waals surface area contributed by atoms with E-state index >= 15 is 0 Å². The fourth-order valence-electron chi connectivity index (χ4n) is 3.13. The van der Waals surface area contributed by atoms with E-state index < -0.39 is 9.84 Å². The molecule has 1 amide bonds. The van der Waals surface area contributed by atoms with Crippen LogP contribution in [0, 0.1) is 0 Å². The molecule has 0 bridgehead atoms. The van der Waals surface area contributed by atoms with E-state index in [-0.39, 0.29) is 16.6 Å². The van der Waals surface area contributed by atoms with E-state index in [1.54, 1.807) is 23.9 Å². The van der Waals surface area contributed by atoms with E-state index in [2.05, 4.69) is 29.6 Å². The van der Waals surface area contributed by atoms with Crippen LogP contribution in [0.5, 0.6) is 5.75 Å². The fraction of sp³-hybridized carbons (Fsp3) is 0.174. The highest BCUT2D eigenvalue weighted by Gasteiger charge is 2.23. The first kappa shape index (κ1) is 20.5. The number of hydrogen-bond donors (Lipinski definition) is 2. The molecule has 0 heterocycles. The van der Waals surface area contributed by atoms with Crippen LogP contribution >= 0.6 is 11.8 Å². The Kier molecular flexibility index (Phi) is 5.58. The van der Waals surface area contributed by atoms with Gasteiger partial charge in [-0.25, -0.2) is 8.42 Å². The lowest BCUT2D eigenvalue weighted by molar-refractivity contribution is 0.102. The molecular formula is C23H21NO4S2. The fourth-order valence-corrected chi connectivity index (χ4v) is 4.73. The Bertz CT molecular complexity index is 1180. The molecule has 7 heteroatoms. The molecule has 1 aliphatic rings. The lowest BCUT2D eigenvalue weighted by Crippen LogP contribution is -2.12. The summed E-state index contributed by atoms with van der Waals surface area (Å²) in [6, 6.07) is 19.8. The number of phenolic OH excluding ortho intramolecular Hbond substituents is 1. The predicted octanol–water partition coefficient (Wildman–Crippen LogP) is 5.08. The van der Waals surface area contributed by atoms with Crippen molar-refractivity contribution in [1.82, 2.24) is 0 Å². The van der Waals surface area contributed by atoms with E-state index in [9.17, 15) is 18.3 Å². The summed E-state index contributed by atoms with van der Waals surface area (Å²) in [6.45, 7) is 0. The van der Waals surface area contributed by atoms with Crippen LogP contribution in [0.1, 0.15) is 34.7 Å². The van der Waals surface area contributed by atoms with Crippen LogP contribution in [0.3, 0.4) is 0 Å². The molecule has 154 valence electrons. The molecule has 0 aromatic heterocycles. The van der Waals surface area contributed by atoms with Gasteiger partial charge < -0.3 is 10.4 Å². The second-order valence-electron chi connectivity index (χ2n) is 7.38. The van der Waals surface area contributed by atoms with Crippen molar-refractivity contribution in [3.63, 3.8) is 0 Å². The zero-order chi connectivity index (χ0) is 21.3. The first-order valence-corrected chi connectivity index (χ1v) is 12.2. The normalized spacial score (nSPS) is 13.8. The Morgan fingerprint density at radius 3 is 2.13 bits per heavy atom. The number of nitrogens with one attached hydrogen (secondary N) is 1. The Morgan fingerprint density at radius 1 is 0.967 bits per heavy atom. The average molecular weight is 440 g/mol. The lowest BCUT2D eigenvalue weighted by Gasteiger charge is -2.09. The Hall–Kier alpha value is -2.77. The van der Waals surface area contributed by atoms with Crippen LogP contribution < -0.4 is 5.32 Å². The van der Waals surface area contributed by atoms with E-state index in [0.29, 0.717) is 11.3 Å². The molecule has 1 aliphatic carbocycles. The summed E-state index contributed by atoms with van der Waals surface area (Å²) >= 11 is 1.63. The van der Waals surface area contributed by atoms with E-state index in [0.717, 1.165) is 22.0 Å². The molecule has 0 unspecified atom stereocenters. The number of amides is 1. The van der Waals surface area contributed by atoms with Crippen LogP contribution in [0.2, 0.25) is 0 Å². The SMILES string of the molecule is CS(=O)(=O)c1cc(NC(=O)c2ccc(Sc3ccc(C4CC4)cc3)cc2)ccc1O. The van der Waals surface area contributed by atoms with Crippen LogP contribution in [0.4, 0.5) is 5.69 Å². The minimum absolute atomic E-state index is 0.222. The van der Waals surface area contributed by atoms with E-state index in [1.165, 1.54) is 36.6 Å². The van der Waals surface area contributed by atoms with Crippen LogP contribution in [-0.4, -0.2) is 25.7 Å². The summed E-state index contributed by atoms with van der Waals surface area (Å²) in [6.07, 6.45) is 3.58. The van der Waals surface area contributed by atoms with E-state index in [1.807, 2.05) is 12.1 Å². The standard InChI is InChI=1S/C23H21NO4S2/c1-30(27,28)22-14-18(8-13-21(22)25)24-23(26)17-6-11-20(12-7-17)29-19-9-4-16(5-10-19)15-2-3-15/h4-15,25H,2-3H2,1H3,(H,24,26). The summed E-state index contributed by atoms with van der Waals surface area (Å²) in [5.41, 5.74) is 2.16. The molecule has 3 aromatic carbocycles. The van der Waals surface area contributed by atoms with E-state index in [4.69, 9.17) is 0 Å². The summed E-state index contributed by atoms with van der Waals surface area (Å²) in [5.74, 6) is 0.0384. The third-order valence-corrected chi connectivity index (χ3v) is 7.04. The molecule has 1 fully saturated rings. The number of rotatable bonds is 6. The molecule has 0 aliphatic heterocycles. The van der Waals surface area contributed by atoms with Gasteiger partial charge in [-0.15, -0.1) is 0 Å². The van der Waals surface area contributed by atoms with Gasteiger partial charge >= 0.3 is 0 Å². The van der Waals surface area contributed by atoms with Gasteiger partial charge in [0, 0.05) is 27.3 Å². The maximum atomic E-state index is 12.5. The average Bonchev–Trinajstić information content (AvgIpc) is 3.55. The van der Waals surface area contributed by atoms with Crippen LogP contribution in [0.15, 0.2) is 81.4 Å². The number of hydrogen-bond acceptors (Lipinski definition) is 5. The highest BCUT2D eigenvalue weighted by Crippen LogP contribution is 2.40. The summed E-state index contributed by atoms with van der Waals surface area (Å²) in [7, 11) is -3.60. The second kappa shape index (κ2) is 8.16. The predicted molar refractivity (Wildman–Crippen MR) is 118 cm³/mol. The largest absolute Gasteiger partial charge is 0.507 e. The second-order valence-corrected chi connectivity index (χ2v) is 10.5. The summed E-state index contributed by atoms with van der Waals surface area (Å²) in [5, 5.41) is 12.4. The van der Waals surface area contributed by atoms with Crippen molar-refractivity contribution in [1.29, 1.82) is 0 Å². The molecule has 3 aromatic rings. The molecular weight excluding hydrogens is 418 g/mol. The Labute approximate surface area is 180 Å². The molecule has 4 rings (SSSR count). The number of carbonyl (C=O) groups excluding carboxylic acids is 1. The van der Waals surface area contributed by atoms with Crippen molar-refractivity contribution in [2.24, 2.45) is 0 Å². The van der Waals surface area contributed by atoms with Gasteiger partial charge in [-0.2, -0.15) is 0 Å². The van der Waals surface area contributed by atoms with Gasteiger partial charge in [-0.3, -0.25) is 4.79 Å². The molecule has 0 atom stereocenters. The number of sulfone groups is 1. The smallest absolute Gasteiger partial charge is 0.255 e. The molecule has 5 nitrogen and oxygen atoms in total. The van der Waals surface area contributed by atoms with Crippen molar-refractivity contribution < 1.29 is 18.3 Å². The highest BCUT2D eigenvalue weighted by molar-refractivity contribution is 7.99. The number of anilines is 1. The van der Waals surface area contributed by atoms with Gasteiger partial charge in [-0.1, -0.05) is 23.9 Å². The van der Waals surface area contributed by atoms with Crippen molar-refractivity contribution in [2.45, 2.75) is 33.4 Å². The zero-order valence-electron chi connectivity index (χ0n) is 16.3. The van der Waals surface area contributed by atoms with Crippen molar-refractivity contribution >= 4 is 33.2 Å². The molecule has 0 saturated heterocycles. The molecule has 1 saturated carbocycles. The van der Waals surface area contributed by atoms with Crippen molar-refractivity contribution in [3.8, 4) is 5.75 Å². The third-order valence-electron chi connectivity index (χ3n) is 4.90. The zero-order valence-corrected chi connectivity index (χ0v) is 18.0. The maximum absolute atomic E-state index is 12.5. The molecule has 0 radical (unpaired) electrons. The molecule has 30 heavy (non-hydrogen) atoms. The number of carbonyl (C=O) groups is 1. The minimum Gasteiger partial charge on any atom is -0.507 e. The first-order valence-electron chi connectivity index (χ1n) is 9.52. The number of phenols is 1. The van der Waals surface area contributed by atoms with Gasteiger partial charge in [0.15, 0.2) is 9.84 Å². The van der Waals surface area contributed by atoms with Gasteiger partial charge in [-0.05, 0) is 78.9 Å². The van der Waals surface area contributed by atoms with Gasteiger partial charge in [0.05, 0.1) is 0 Å². The monoisotopic (exact) mass is 439 g/mol. The quantitative estimate of drug-likeness (QED) is 0.524. The van der Waals surface area contributed by atoms with Crippen molar-refractivity contribution in [2.75, 3.05) is 11.6 Å². The molecule has 0 spiro atoms. The Balaban J connectivity index is 1.43. The van der Waals surface area contributed by atoms with Crippen molar-refractivity contribution in [3.05, 3.63) is 77.9 Å². The molecule has 2 N–H and O–H groups in total. The van der Waals surface area contributed by atoms with Gasteiger partial charge in [0.1, 0.15) is 10.6 Å². The van der Waals surface area contributed by atoms with Gasteiger partial charge in [0.2, 0.25) is 0 Å². The highest BCUT2D eigenvalue weighted by atomic mass is 32.2. The first-order chi connectivity index (χ1) is 14.3. The lowest BCUT2D eigenvalue weighted by atomic mass is 10.1. The Morgan fingerprint density at radius 2 is 1.57 bits per heavy atom. The van der Waals surface area contributed by atoms with Gasteiger partial charge in [0.25, 0.3) is 5.91 Å². The topological polar surface area (TPSA) is 83.5 Å². The minimum atomic E-state index is -3.60. The number of benzene rings is 3. The summed E-state index contributed by atoms with van der Waals surface area (Å²) < 4.78 is 23.5. The number of aromatic hydroxyl groups is 1. The van der Waals surface area contributed by atoms with Crippen LogP contribution in [0.25, 0.3) is 0 Å². The maximum Gasteiger partial charge on any atom is 0.255 e. The van der Waals surface area contributed by atoms with Crippen LogP contribution in [-0.2, 0) is 9.84 Å². The summed E-state index contributed by atoms with van der Waals surface area (Å²) in [4.78, 5) is 14.5. The third kappa shape index (κ3) is 4.86.